The van der Waals surface area contributed by atoms with Crippen molar-refractivity contribution in [3.05, 3.63) is 12.4 Å². The minimum Gasteiger partial charge on any atom is -0.386 e. The Labute approximate surface area is 80.2 Å². The van der Waals surface area contributed by atoms with Crippen molar-refractivity contribution in [2.24, 2.45) is 11.5 Å². The average molecular weight is 184 g/mol. The molecule has 1 aliphatic rings. The molecule has 0 bridgehead atoms. The zero-order valence-corrected chi connectivity index (χ0v) is 8.37. The van der Waals surface area contributed by atoms with Crippen LogP contribution in [0.5, 0.6) is 0 Å². The highest BCUT2D eigenvalue weighted by Crippen LogP contribution is 2.14. The van der Waals surface area contributed by atoms with Crippen molar-refractivity contribution in [2.45, 2.75) is 19.4 Å². The maximum absolute atomic E-state index is 5.70. The minimum atomic E-state index is 0.375. The van der Waals surface area contributed by atoms with Gasteiger partial charge in [0, 0.05) is 19.1 Å². The van der Waals surface area contributed by atoms with E-state index in [1.807, 2.05) is 0 Å². The molecule has 1 rings (SSSR count). The normalized spacial score (nSPS) is 24.8. The summed E-state index contributed by atoms with van der Waals surface area (Å²) >= 11 is 0. The van der Waals surface area contributed by atoms with Crippen LogP contribution in [0.15, 0.2) is 12.4 Å². The van der Waals surface area contributed by atoms with Crippen molar-refractivity contribution in [3.63, 3.8) is 0 Å². The molecule has 4 nitrogen and oxygen atoms in total. The predicted molar refractivity (Wildman–Crippen MR) is 54.7 cm³/mol. The molecule has 1 heterocycles. The number of hydrogen-bond donors (Lipinski definition) is 2. The number of hydrogen-bond acceptors (Lipinski definition) is 4. The Hall–Kier alpha value is -0.740. The molecule has 4 heteroatoms. The van der Waals surface area contributed by atoms with Crippen LogP contribution in [0, 0.1) is 0 Å². The number of nitrogens with two attached hydrogens (primary N) is 2. The summed E-state index contributed by atoms with van der Waals surface area (Å²) in [7, 11) is 0. The molecule has 76 valence electrons. The molecular formula is C9H20N4. The molecule has 0 aromatic rings. The summed E-state index contributed by atoms with van der Waals surface area (Å²) in [5.41, 5.74) is 11.4. The molecule has 0 aliphatic carbocycles. The molecule has 1 aliphatic heterocycles. The molecule has 0 spiro atoms. The largest absolute Gasteiger partial charge is 0.386 e. The van der Waals surface area contributed by atoms with Gasteiger partial charge < -0.3 is 16.4 Å². The van der Waals surface area contributed by atoms with Crippen molar-refractivity contribution in [2.75, 3.05) is 26.3 Å². The lowest BCUT2D eigenvalue weighted by atomic mass is 10.1. The molecule has 1 fully saturated rings. The van der Waals surface area contributed by atoms with Gasteiger partial charge in [0.15, 0.2) is 0 Å². The standard InChI is InChI=1S/C9H20N4/c1-3-12-5-4-9(6-10)13(7-12)8(2)11/h9H,2-7,10-11H2,1H3. The van der Waals surface area contributed by atoms with Crippen molar-refractivity contribution < 1.29 is 0 Å². The summed E-state index contributed by atoms with van der Waals surface area (Å²) < 4.78 is 0. The fourth-order valence-corrected chi connectivity index (χ4v) is 1.72. The molecule has 0 aromatic heterocycles. The Morgan fingerprint density at radius 2 is 2.31 bits per heavy atom. The van der Waals surface area contributed by atoms with Gasteiger partial charge in [0.1, 0.15) is 0 Å². The van der Waals surface area contributed by atoms with Crippen LogP contribution in [0.25, 0.3) is 0 Å². The minimum absolute atomic E-state index is 0.375. The highest BCUT2D eigenvalue weighted by atomic mass is 15.4. The summed E-state index contributed by atoms with van der Waals surface area (Å²) in [6, 6.07) is 0.375. The molecule has 1 atom stereocenters. The predicted octanol–water partition coefficient (Wildman–Crippen LogP) is -0.271. The fraction of sp³-hybridized carbons (Fsp3) is 0.778. The zero-order valence-electron chi connectivity index (χ0n) is 8.37. The Kier molecular flexibility index (Phi) is 3.57. The molecule has 1 unspecified atom stereocenters. The van der Waals surface area contributed by atoms with Crippen molar-refractivity contribution in [3.8, 4) is 0 Å². The van der Waals surface area contributed by atoms with Crippen LogP contribution in [0.4, 0.5) is 0 Å². The third-order valence-electron chi connectivity index (χ3n) is 2.66. The quantitative estimate of drug-likeness (QED) is 0.634. The Bertz CT molecular complexity index is 180. The van der Waals surface area contributed by atoms with Crippen LogP contribution >= 0.6 is 0 Å². The highest BCUT2D eigenvalue weighted by molar-refractivity contribution is 4.94. The maximum atomic E-state index is 5.70. The second-order valence-electron chi connectivity index (χ2n) is 3.49. The summed E-state index contributed by atoms with van der Waals surface area (Å²) in [6.07, 6.45) is 1.08. The van der Waals surface area contributed by atoms with Crippen LogP contribution in [-0.2, 0) is 0 Å². The third-order valence-corrected chi connectivity index (χ3v) is 2.66. The van der Waals surface area contributed by atoms with Crippen LogP contribution < -0.4 is 11.5 Å². The van der Waals surface area contributed by atoms with Gasteiger partial charge in [0.25, 0.3) is 0 Å². The highest BCUT2D eigenvalue weighted by Gasteiger charge is 2.24. The van der Waals surface area contributed by atoms with Gasteiger partial charge in [0.2, 0.25) is 0 Å². The van der Waals surface area contributed by atoms with E-state index in [9.17, 15) is 0 Å². The summed E-state index contributed by atoms with van der Waals surface area (Å²) in [5, 5.41) is 0. The van der Waals surface area contributed by atoms with E-state index >= 15 is 0 Å². The smallest absolute Gasteiger partial charge is 0.0925 e. The number of nitrogens with zero attached hydrogens (tertiary/aromatic N) is 2. The van der Waals surface area contributed by atoms with E-state index in [2.05, 4.69) is 23.3 Å². The van der Waals surface area contributed by atoms with Crippen molar-refractivity contribution in [1.29, 1.82) is 0 Å². The van der Waals surface area contributed by atoms with E-state index in [0.717, 1.165) is 26.2 Å². The van der Waals surface area contributed by atoms with Crippen LogP contribution in [0.1, 0.15) is 13.3 Å². The van der Waals surface area contributed by atoms with E-state index < -0.39 is 0 Å². The summed E-state index contributed by atoms with van der Waals surface area (Å²) in [6.45, 7) is 9.62. The Morgan fingerprint density at radius 3 is 2.77 bits per heavy atom. The van der Waals surface area contributed by atoms with E-state index in [1.165, 1.54) is 0 Å². The summed E-state index contributed by atoms with van der Waals surface area (Å²) in [4.78, 5) is 4.43. The first-order valence-electron chi connectivity index (χ1n) is 4.82. The fourth-order valence-electron chi connectivity index (χ4n) is 1.72. The van der Waals surface area contributed by atoms with E-state index in [-0.39, 0.29) is 0 Å². The van der Waals surface area contributed by atoms with Crippen LogP contribution in [0.2, 0.25) is 0 Å². The van der Waals surface area contributed by atoms with Gasteiger partial charge in [-0.3, -0.25) is 4.90 Å². The van der Waals surface area contributed by atoms with Crippen LogP contribution in [-0.4, -0.2) is 42.1 Å². The SMILES string of the molecule is C=C(N)N1CN(CC)CCC1CN. The maximum Gasteiger partial charge on any atom is 0.0925 e. The van der Waals surface area contributed by atoms with Crippen molar-refractivity contribution >= 4 is 0 Å². The second kappa shape index (κ2) is 4.48. The Balaban J connectivity index is 2.57. The zero-order chi connectivity index (χ0) is 9.84. The lowest BCUT2D eigenvalue weighted by Gasteiger charge is -2.42. The first-order chi connectivity index (χ1) is 6.19. The van der Waals surface area contributed by atoms with Gasteiger partial charge in [-0.25, -0.2) is 0 Å². The monoisotopic (exact) mass is 184 g/mol. The van der Waals surface area contributed by atoms with Crippen molar-refractivity contribution in [1.82, 2.24) is 9.80 Å². The molecule has 0 saturated carbocycles. The number of rotatable bonds is 3. The first kappa shape index (κ1) is 10.3. The third kappa shape index (κ3) is 2.35. The van der Waals surface area contributed by atoms with Gasteiger partial charge in [-0.1, -0.05) is 13.5 Å². The molecule has 0 amide bonds. The molecule has 0 radical (unpaired) electrons. The topological polar surface area (TPSA) is 58.5 Å². The van der Waals surface area contributed by atoms with E-state index in [4.69, 9.17) is 11.5 Å². The lowest BCUT2D eigenvalue weighted by Crippen LogP contribution is -2.53. The lowest BCUT2D eigenvalue weighted by molar-refractivity contribution is 0.0729. The van der Waals surface area contributed by atoms with Gasteiger partial charge in [-0.05, 0) is 13.0 Å². The van der Waals surface area contributed by atoms with Gasteiger partial charge >= 0.3 is 0 Å². The Morgan fingerprint density at radius 1 is 1.62 bits per heavy atom. The molecular weight excluding hydrogens is 164 g/mol. The molecule has 0 aromatic carbocycles. The van der Waals surface area contributed by atoms with E-state index in [0.29, 0.717) is 18.4 Å². The first-order valence-corrected chi connectivity index (χ1v) is 4.82. The molecule has 13 heavy (non-hydrogen) atoms. The second-order valence-corrected chi connectivity index (χ2v) is 3.49. The summed E-state index contributed by atoms with van der Waals surface area (Å²) in [5.74, 6) is 0.633. The van der Waals surface area contributed by atoms with Crippen LogP contribution in [0.3, 0.4) is 0 Å². The molecule has 4 N–H and O–H groups in total. The molecule has 1 saturated heterocycles. The average Bonchev–Trinajstić information content (AvgIpc) is 2.16. The van der Waals surface area contributed by atoms with Gasteiger partial charge in [-0.15, -0.1) is 0 Å². The van der Waals surface area contributed by atoms with E-state index in [1.54, 1.807) is 0 Å². The van der Waals surface area contributed by atoms with Gasteiger partial charge in [0.05, 0.1) is 12.5 Å². The van der Waals surface area contributed by atoms with Gasteiger partial charge in [-0.2, -0.15) is 0 Å².